The minimum atomic E-state index is -0.164. The number of hydrogen-bond donors (Lipinski definition) is 2. The molecule has 0 aliphatic rings. The molecule has 2 aromatic rings. The van der Waals surface area contributed by atoms with Gasteiger partial charge in [-0.3, -0.25) is 9.59 Å². The molecule has 0 saturated heterocycles. The van der Waals surface area contributed by atoms with E-state index < -0.39 is 0 Å². The van der Waals surface area contributed by atoms with Gasteiger partial charge in [0.15, 0.2) is 0 Å². The van der Waals surface area contributed by atoms with Gasteiger partial charge in [0.25, 0.3) is 0 Å². The van der Waals surface area contributed by atoms with E-state index in [-0.39, 0.29) is 22.2 Å². The maximum Gasteiger partial charge on any atom is 0.307 e. The van der Waals surface area contributed by atoms with Gasteiger partial charge in [-0.05, 0) is 12.1 Å². The van der Waals surface area contributed by atoms with Gasteiger partial charge in [-0.1, -0.05) is 35.7 Å². The Morgan fingerprint density at radius 1 is 1.45 bits per heavy atom. The Balaban J connectivity index is 1.94. The number of rotatable bonds is 5. The fraction of sp³-hybridized carbons (Fsp3) is 0.154. The normalized spacial score (nSPS) is 10.2. The van der Waals surface area contributed by atoms with Crippen LogP contribution in [0.2, 0.25) is 0 Å². The molecule has 1 aromatic carbocycles. The number of hydrogen-bond acceptors (Lipinski definition) is 4. The SMILES string of the molecule is NC(=S)c1cccc(NC(=O)CCn2ccsc2=O)c1. The van der Waals surface area contributed by atoms with Crippen molar-refractivity contribution in [3.05, 3.63) is 51.1 Å². The zero-order chi connectivity index (χ0) is 14.5. The van der Waals surface area contributed by atoms with Crippen LogP contribution in [0, 0.1) is 0 Å². The molecule has 0 fully saturated rings. The Labute approximate surface area is 125 Å². The highest BCUT2D eigenvalue weighted by molar-refractivity contribution is 7.80. The highest BCUT2D eigenvalue weighted by atomic mass is 32.1. The first kappa shape index (κ1) is 14.4. The summed E-state index contributed by atoms with van der Waals surface area (Å²) in [5, 5.41) is 4.45. The van der Waals surface area contributed by atoms with Crippen molar-refractivity contribution < 1.29 is 4.79 Å². The fourth-order valence-corrected chi connectivity index (χ4v) is 2.39. The van der Waals surface area contributed by atoms with E-state index in [9.17, 15) is 9.59 Å². The van der Waals surface area contributed by atoms with Gasteiger partial charge in [-0.25, -0.2) is 0 Å². The number of carbonyl (C=O) groups is 1. The van der Waals surface area contributed by atoms with Gasteiger partial charge >= 0.3 is 4.87 Å². The molecular weight excluding hydrogens is 294 g/mol. The Morgan fingerprint density at radius 2 is 2.25 bits per heavy atom. The summed E-state index contributed by atoms with van der Waals surface area (Å²) in [6.45, 7) is 0.364. The molecule has 0 spiro atoms. The number of aryl methyl sites for hydroxylation is 1. The summed E-state index contributed by atoms with van der Waals surface area (Å²) in [5.74, 6) is -0.164. The molecule has 20 heavy (non-hydrogen) atoms. The van der Waals surface area contributed by atoms with Crippen LogP contribution in [0.3, 0.4) is 0 Å². The number of nitrogens with one attached hydrogen (secondary N) is 1. The number of carbonyl (C=O) groups excluding carboxylic acids is 1. The second-order valence-corrected chi connectivity index (χ2v) is 5.40. The average molecular weight is 307 g/mol. The molecule has 0 atom stereocenters. The summed E-state index contributed by atoms with van der Waals surface area (Å²) < 4.78 is 1.51. The largest absolute Gasteiger partial charge is 0.389 e. The van der Waals surface area contributed by atoms with Crippen LogP contribution in [0.25, 0.3) is 0 Å². The minimum absolute atomic E-state index is 0.0618. The number of thiazole rings is 1. The Morgan fingerprint density at radius 3 is 2.90 bits per heavy atom. The molecule has 5 nitrogen and oxygen atoms in total. The summed E-state index contributed by atoms with van der Waals surface area (Å²) >= 11 is 6.00. The van der Waals surface area contributed by atoms with Gasteiger partial charge in [0.05, 0.1) is 0 Å². The van der Waals surface area contributed by atoms with Crippen LogP contribution >= 0.6 is 23.6 Å². The molecule has 1 heterocycles. The summed E-state index contributed by atoms with van der Waals surface area (Å²) in [6.07, 6.45) is 1.90. The number of benzene rings is 1. The summed E-state index contributed by atoms with van der Waals surface area (Å²) in [5.41, 5.74) is 6.87. The van der Waals surface area contributed by atoms with E-state index in [2.05, 4.69) is 5.32 Å². The summed E-state index contributed by atoms with van der Waals surface area (Å²) in [7, 11) is 0. The second kappa shape index (κ2) is 6.44. The van der Waals surface area contributed by atoms with Crippen molar-refractivity contribution in [2.45, 2.75) is 13.0 Å². The smallest absolute Gasteiger partial charge is 0.307 e. The molecule has 1 amide bonds. The Bertz CT molecular complexity index is 691. The van der Waals surface area contributed by atoms with Crippen LogP contribution in [0.4, 0.5) is 5.69 Å². The van der Waals surface area contributed by atoms with Crippen LogP contribution in [0.15, 0.2) is 40.6 Å². The van der Waals surface area contributed by atoms with Crippen LogP contribution in [-0.4, -0.2) is 15.5 Å². The molecule has 0 saturated carbocycles. The van der Waals surface area contributed by atoms with E-state index in [1.165, 1.54) is 4.57 Å². The third-order valence-corrected chi connectivity index (χ3v) is 3.58. The minimum Gasteiger partial charge on any atom is -0.389 e. The Hall–Kier alpha value is -1.99. The van der Waals surface area contributed by atoms with Crippen molar-refractivity contribution in [3.8, 4) is 0 Å². The topological polar surface area (TPSA) is 77.1 Å². The van der Waals surface area contributed by atoms with Crippen LogP contribution in [-0.2, 0) is 11.3 Å². The number of anilines is 1. The number of nitrogens with zero attached hydrogens (tertiary/aromatic N) is 1. The molecule has 0 unspecified atom stereocenters. The molecule has 0 bridgehead atoms. The molecular formula is C13H13N3O2S2. The lowest BCUT2D eigenvalue weighted by Crippen LogP contribution is -2.19. The monoisotopic (exact) mass is 307 g/mol. The Kier molecular flexibility index (Phi) is 4.65. The lowest BCUT2D eigenvalue weighted by atomic mass is 10.2. The maximum atomic E-state index is 11.8. The quantitative estimate of drug-likeness (QED) is 0.822. The highest BCUT2D eigenvalue weighted by Gasteiger charge is 2.05. The van der Waals surface area contributed by atoms with E-state index in [1.54, 1.807) is 35.8 Å². The van der Waals surface area contributed by atoms with Crippen LogP contribution in [0.5, 0.6) is 0 Å². The van der Waals surface area contributed by atoms with Crippen molar-refractivity contribution in [1.82, 2.24) is 4.57 Å². The zero-order valence-corrected chi connectivity index (χ0v) is 12.2. The fourth-order valence-electron chi connectivity index (χ4n) is 1.65. The van der Waals surface area contributed by atoms with Crippen LogP contribution < -0.4 is 15.9 Å². The van der Waals surface area contributed by atoms with Gasteiger partial charge in [0.2, 0.25) is 5.91 Å². The average Bonchev–Trinajstić information content (AvgIpc) is 2.82. The van der Waals surface area contributed by atoms with Gasteiger partial charge in [-0.2, -0.15) is 0 Å². The lowest BCUT2D eigenvalue weighted by Gasteiger charge is -2.07. The molecule has 0 radical (unpaired) electrons. The maximum absolute atomic E-state index is 11.8. The van der Waals surface area contributed by atoms with Gasteiger partial charge in [-0.15, -0.1) is 0 Å². The van der Waals surface area contributed by atoms with E-state index in [4.69, 9.17) is 18.0 Å². The molecule has 104 valence electrons. The van der Waals surface area contributed by atoms with E-state index in [0.29, 0.717) is 17.8 Å². The van der Waals surface area contributed by atoms with Crippen molar-refractivity contribution in [1.29, 1.82) is 0 Å². The van der Waals surface area contributed by atoms with Crippen molar-refractivity contribution in [3.63, 3.8) is 0 Å². The number of amides is 1. The number of thiocarbonyl (C=S) groups is 1. The van der Waals surface area contributed by atoms with Gasteiger partial charge in [0.1, 0.15) is 4.99 Å². The van der Waals surface area contributed by atoms with E-state index >= 15 is 0 Å². The summed E-state index contributed by atoms with van der Waals surface area (Å²) in [6, 6.07) is 7.03. The van der Waals surface area contributed by atoms with Crippen molar-refractivity contribution in [2.75, 3.05) is 5.32 Å². The van der Waals surface area contributed by atoms with E-state index in [1.807, 2.05) is 0 Å². The third kappa shape index (κ3) is 3.75. The first-order valence-corrected chi connectivity index (χ1v) is 7.19. The molecule has 0 aliphatic carbocycles. The standard InChI is InChI=1S/C13H13N3O2S2/c14-12(19)9-2-1-3-10(8-9)15-11(17)4-5-16-6-7-20-13(16)18/h1-3,6-8H,4-5H2,(H2,14,19)(H,15,17). The van der Waals surface area contributed by atoms with Crippen molar-refractivity contribution >= 4 is 40.1 Å². The van der Waals surface area contributed by atoms with Gasteiger partial charge in [0, 0.05) is 35.8 Å². The number of aromatic nitrogens is 1. The third-order valence-electron chi connectivity index (χ3n) is 2.65. The predicted octanol–water partition coefficient (Wildman–Crippen LogP) is 1.57. The van der Waals surface area contributed by atoms with Crippen LogP contribution in [0.1, 0.15) is 12.0 Å². The van der Waals surface area contributed by atoms with E-state index in [0.717, 1.165) is 11.3 Å². The molecule has 2 rings (SSSR count). The number of nitrogens with two attached hydrogens (primary N) is 1. The lowest BCUT2D eigenvalue weighted by molar-refractivity contribution is -0.116. The molecule has 3 N–H and O–H groups in total. The summed E-state index contributed by atoms with van der Waals surface area (Å²) in [4.78, 5) is 23.4. The first-order valence-electron chi connectivity index (χ1n) is 5.90. The molecule has 7 heteroatoms. The first-order chi connectivity index (χ1) is 9.56. The predicted molar refractivity (Wildman–Crippen MR) is 84.2 cm³/mol. The molecule has 1 aromatic heterocycles. The second-order valence-electron chi connectivity index (χ2n) is 4.11. The van der Waals surface area contributed by atoms with Gasteiger partial charge < -0.3 is 15.6 Å². The molecule has 0 aliphatic heterocycles. The zero-order valence-electron chi connectivity index (χ0n) is 10.5. The highest BCUT2D eigenvalue weighted by Crippen LogP contribution is 2.11. The van der Waals surface area contributed by atoms with Crippen molar-refractivity contribution in [2.24, 2.45) is 5.73 Å².